The summed E-state index contributed by atoms with van der Waals surface area (Å²) in [5.74, 6) is -0.950. The van der Waals surface area contributed by atoms with Crippen molar-refractivity contribution in [3.8, 4) is 0 Å². The number of aryl methyl sites for hydroxylation is 2. The first-order valence-corrected chi connectivity index (χ1v) is 9.08. The summed E-state index contributed by atoms with van der Waals surface area (Å²) in [6.07, 6.45) is 1.54. The van der Waals surface area contributed by atoms with E-state index in [9.17, 15) is 19.3 Å². The van der Waals surface area contributed by atoms with Gasteiger partial charge in [0.2, 0.25) is 5.91 Å². The van der Waals surface area contributed by atoms with Gasteiger partial charge in [-0.25, -0.2) is 4.39 Å². The number of benzene rings is 1. The lowest BCUT2D eigenvalue weighted by molar-refractivity contribution is -0.389. The van der Waals surface area contributed by atoms with E-state index in [1.165, 1.54) is 29.1 Å². The highest BCUT2D eigenvalue weighted by Crippen LogP contribution is 2.23. The molecule has 0 atom stereocenters. The van der Waals surface area contributed by atoms with Crippen LogP contribution in [0, 0.1) is 29.8 Å². The van der Waals surface area contributed by atoms with Crippen LogP contribution in [0.2, 0.25) is 5.02 Å². The number of carbonyl (C=O) groups excluding carboxylic acids is 1. The molecule has 0 saturated heterocycles. The van der Waals surface area contributed by atoms with E-state index in [0.29, 0.717) is 28.5 Å². The molecule has 9 nitrogen and oxygen atoms in total. The van der Waals surface area contributed by atoms with E-state index in [0.717, 1.165) is 5.69 Å². The zero-order valence-corrected chi connectivity index (χ0v) is 16.5. The maximum absolute atomic E-state index is 13.2. The van der Waals surface area contributed by atoms with Crippen LogP contribution in [-0.4, -0.2) is 30.4 Å². The first-order chi connectivity index (χ1) is 13.7. The van der Waals surface area contributed by atoms with Crippen LogP contribution in [-0.2, 0) is 17.9 Å². The zero-order valence-electron chi connectivity index (χ0n) is 15.7. The lowest BCUT2D eigenvalue weighted by Crippen LogP contribution is -2.16. The molecular weight excluding hydrogens is 403 g/mol. The molecule has 3 rings (SSSR count). The molecule has 0 saturated carbocycles. The summed E-state index contributed by atoms with van der Waals surface area (Å²) in [6.45, 7) is 4.11. The second kappa shape index (κ2) is 8.39. The van der Waals surface area contributed by atoms with Crippen LogP contribution in [0.25, 0.3) is 0 Å². The second-order valence-electron chi connectivity index (χ2n) is 6.43. The smallest absolute Gasteiger partial charge is 0.358 e. The van der Waals surface area contributed by atoms with E-state index < -0.39 is 10.7 Å². The average molecular weight is 421 g/mol. The number of rotatable bonds is 7. The summed E-state index contributed by atoms with van der Waals surface area (Å²) >= 11 is 6.08. The molecule has 11 heteroatoms. The van der Waals surface area contributed by atoms with Crippen molar-refractivity contribution in [2.75, 3.05) is 5.32 Å². The van der Waals surface area contributed by atoms with E-state index in [2.05, 4.69) is 15.5 Å². The molecule has 2 heterocycles. The van der Waals surface area contributed by atoms with Crippen molar-refractivity contribution in [2.45, 2.75) is 33.4 Å². The molecule has 0 radical (unpaired) electrons. The van der Waals surface area contributed by atoms with E-state index in [1.807, 2.05) is 6.92 Å². The third kappa shape index (κ3) is 4.77. The van der Waals surface area contributed by atoms with Gasteiger partial charge in [-0.2, -0.15) is 9.78 Å². The number of aromatic nitrogens is 4. The standard InChI is InChI=1S/C18H18ClFN6O3/c1-11-18(21-17(27)6-8-24-7-5-16(23-24)26(28)29)12(2)25(22-11)10-13-3-4-14(20)9-15(13)19/h3-5,7,9H,6,8,10H2,1-2H3,(H,21,27). The van der Waals surface area contributed by atoms with Crippen LogP contribution in [0.1, 0.15) is 23.4 Å². The fourth-order valence-electron chi connectivity index (χ4n) is 2.83. The third-order valence-electron chi connectivity index (χ3n) is 4.36. The van der Waals surface area contributed by atoms with E-state index in [1.54, 1.807) is 17.7 Å². The van der Waals surface area contributed by atoms with E-state index in [-0.39, 0.29) is 24.7 Å². The maximum atomic E-state index is 13.2. The molecule has 3 aromatic rings. The minimum Gasteiger partial charge on any atom is -0.358 e. The Morgan fingerprint density at radius 2 is 2.07 bits per heavy atom. The average Bonchev–Trinajstić information content (AvgIpc) is 3.23. The van der Waals surface area contributed by atoms with Gasteiger partial charge in [-0.3, -0.25) is 9.48 Å². The van der Waals surface area contributed by atoms with Crippen LogP contribution in [0.5, 0.6) is 0 Å². The number of nitrogens with one attached hydrogen (secondary N) is 1. The predicted octanol–water partition coefficient (Wildman–Crippen LogP) is 3.47. The van der Waals surface area contributed by atoms with Crippen LogP contribution >= 0.6 is 11.6 Å². The Balaban J connectivity index is 1.66. The van der Waals surface area contributed by atoms with E-state index in [4.69, 9.17) is 11.6 Å². The van der Waals surface area contributed by atoms with Gasteiger partial charge in [0, 0.05) is 11.4 Å². The Morgan fingerprint density at radius 1 is 1.31 bits per heavy atom. The van der Waals surface area contributed by atoms with Gasteiger partial charge < -0.3 is 15.4 Å². The molecule has 0 bridgehead atoms. The lowest BCUT2D eigenvalue weighted by atomic mass is 10.2. The van der Waals surface area contributed by atoms with Gasteiger partial charge in [-0.1, -0.05) is 17.7 Å². The van der Waals surface area contributed by atoms with Crippen molar-refractivity contribution in [3.05, 3.63) is 68.4 Å². The first-order valence-electron chi connectivity index (χ1n) is 8.70. The number of nitrogens with zero attached hydrogens (tertiary/aromatic N) is 5. The van der Waals surface area contributed by atoms with Crippen molar-refractivity contribution in [1.29, 1.82) is 0 Å². The van der Waals surface area contributed by atoms with Gasteiger partial charge in [0.05, 0.1) is 47.5 Å². The summed E-state index contributed by atoms with van der Waals surface area (Å²) in [5, 5.41) is 22.0. The van der Waals surface area contributed by atoms with Crippen LogP contribution in [0.4, 0.5) is 15.9 Å². The Labute approximate surface area is 170 Å². The number of amides is 1. The fraction of sp³-hybridized carbons (Fsp3) is 0.278. The van der Waals surface area contributed by atoms with Crippen LogP contribution in [0.3, 0.4) is 0 Å². The quantitative estimate of drug-likeness (QED) is 0.465. The van der Waals surface area contributed by atoms with Gasteiger partial charge in [-0.05, 0) is 36.5 Å². The molecule has 0 unspecified atom stereocenters. The maximum Gasteiger partial charge on any atom is 0.389 e. The summed E-state index contributed by atoms with van der Waals surface area (Å²) in [7, 11) is 0. The molecule has 0 spiro atoms. The minimum absolute atomic E-state index is 0.0900. The summed E-state index contributed by atoms with van der Waals surface area (Å²) < 4.78 is 16.2. The number of anilines is 1. The highest BCUT2D eigenvalue weighted by molar-refractivity contribution is 6.31. The van der Waals surface area contributed by atoms with Crippen molar-refractivity contribution in [1.82, 2.24) is 19.6 Å². The Kier molecular flexibility index (Phi) is 5.92. The van der Waals surface area contributed by atoms with Crippen LogP contribution in [0.15, 0.2) is 30.5 Å². The van der Waals surface area contributed by atoms with Gasteiger partial charge in [-0.15, -0.1) is 0 Å². The number of halogens is 2. The molecule has 0 aliphatic carbocycles. The van der Waals surface area contributed by atoms with Crippen molar-refractivity contribution < 1.29 is 14.1 Å². The van der Waals surface area contributed by atoms with E-state index >= 15 is 0 Å². The van der Waals surface area contributed by atoms with Gasteiger partial charge in [0.25, 0.3) is 0 Å². The number of hydrogen-bond acceptors (Lipinski definition) is 5. The molecule has 29 heavy (non-hydrogen) atoms. The van der Waals surface area contributed by atoms with Gasteiger partial charge in [0.1, 0.15) is 5.82 Å². The normalized spacial score (nSPS) is 10.9. The largest absolute Gasteiger partial charge is 0.389 e. The monoisotopic (exact) mass is 420 g/mol. The first kappa shape index (κ1) is 20.5. The Hall–Kier alpha value is -3.27. The third-order valence-corrected chi connectivity index (χ3v) is 4.71. The van der Waals surface area contributed by atoms with Crippen LogP contribution < -0.4 is 5.32 Å². The Bertz CT molecular complexity index is 1080. The summed E-state index contributed by atoms with van der Waals surface area (Å²) in [6, 6.07) is 5.44. The van der Waals surface area contributed by atoms with Crippen molar-refractivity contribution >= 4 is 29.0 Å². The second-order valence-corrected chi connectivity index (χ2v) is 6.84. The summed E-state index contributed by atoms with van der Waals surface area (Å²) in [4.78, 5) is 22.4. The fourth-order valence-corrected chi connectivity index (χ4v) is 3.06. The molecule has 1 N–H and O–H groups in total. The summed E-state index contributed by atoms with van der Waals surface area (Å²) in [5.41, 5.74) is 2.64. The highest BCUT2D eigenvalue weighted by Gasteiger charge is 2.16. The molecular formula is C18H18ClFN6O3. The number of hydrogen-bond donors (Lipinski definition) is 1. The SMILES string of the molecule is Cc1nn(Cc2ccc(F)cc2Cl)c(C)c1NC(=O)CCn1ccc([N+](=O)[O-])n1. The van der Waals surface area contributed by atoms with Crippen molar-refractivity contribution in [3.63, 3.8) is 0 Å². The van der Waals surface area contributed by atoms with Crippen molar-refractivity contribution in [2.24, 2.45) is 0 Å². The Morgan fingerprint density at radius 3 is 2.72 bits per heavy atom. The molecule has 0 aliphatic rings. The molecule has 1 amide bonds. The number of carbonyl (C=O) groups is 1. The highest BCUT2D eigenvalue weighted by atomic mass is 35.5. The molecule has 152 valence electrons. The molecule has 0 aliphatic heterocycles. The number of nitro groups is 1. The molecule has 2 aromatic heterocycles. The lowest BCUT2D eigenvalue weighted by Gasteiger charge is -2.08. The minimum atomic E-state index is -0.592. The topological polar surface area (TPSA) is 108 Å². The van der Waals surface area contributed by atoms with Gasteiger partial charge >= 0.3 is 5.82 Å². The zero-order chi connectivity index (χ0) is 21.1. The molecule has 1 aromatic carbocycles. The molecule has 0 fully saturated rings. The predicted molar refractivity (Wildman–Crippen MR) is 104 cm³/mol. The van der Waals surface area contributed by atoms with Gasteiger partial charge in [0.15, 0.2) is 0 Å².